The predicted molar refractivity (Wildman–Crippen MR) is 128 cm³/mol. The lowest BCUT2D eigenvalue weighted by Crippen LogP contribution is -2.51. The summed E-state index contributed by atoms with van der Waals surface area (Å²) in [5, 5.41) is 5.33. The van der Waals surface area contributed by atoms with Crippen molar-refractivity contribution in [3.05, 3.63) is 81.5 Å². The van der Waals surface area contributed by atoms with E-state index in [1.54, 1.807) is 25.3 Å². The summed E-state index contributed by atoms with van der Waals surface area (Å²) >= 11 is 7.67. The Morgan fingerprint density at radius 2 is 1.78 bits per heavy atom. The first-order valence-electron chi connectivity index (χ1n) is 10.3. The van der Waals surface area contributed by atoms with Crippen molar-refractivity contribution in [2.45, 2.75) is 6.04 Å². The minimum atomic E-state index is -0.476. The second-order valence-corrected chi connectivity index (χ2v) is 8.81. The zero-order valence-electron chi connectivity index (χ0n) is 17.7. The summed E-state index contributed by atoms with van der Waals surface area (Å²) in [5.74, 6) is 0.458. The number of benzene rings is 2. The fourth-order valence-corrected chi connectivity index (χ4v) is 4.81. The monoisotopic (exact) mass is 469 g/mol. The predicted octanol–water partition coefficient (Wildman–Crippen LogP) is 4.55. The number of carbonyl (C=O) groups is 2. The van der Waals surface area contributed by atoms with Crippen LogP contribution in [0.3, 0.4) is 0 Å². The SMILES string of the molecule is COc1ccc(NC(=O)[C@H](c2ccccc2)N2CCN(C(=O)c3cccs3)CC2)cc1Cl. The molecule has 1 aliphatic heterocycles. The minimum absolute atomic E-state index is 0.0493. The molecule has 1 aromatic heterocycles. The van der Waals surface area contributed by atoms with E-state index in [1.165, 1.54) is 11.3 Å². The fraction of sp³-hybridized carbons (Fsp3) is 0.250. The number of amides is 2. The van der Waals surface area contributed by atoms with Crippen LogP contribution in [-0.2, 0) is 4.79 Å². The van der Waals surface area contributed by atoms with Gasteiger partial charge in [-0.25, -0.2) is 0 Å². The van der Waals surface area contributed by atoms with Crippen LogP contribution in [0.5, 0.6) is 5.75 Å². The third kappa shape index (κ3) is 4.96. The first-order chi connectivity index (χ1) is 15.6. The summed E-state index contributed by atoms with van der Waals surface area (Å²) < 4.78 is 5.19. The number of piperazine rings is 1. The largest absolute Gasteiger partial charge is 0.495 e. The number of thiophene rings is 1. The van der Waals surface area contributed by atoms with E-state index in [0.717, 1.165) is 10.4 Å². The van der Waals surface area contributed by atoms with Gasteiger partial charge in [-0.15, -0.1) is 11.3 Å². The van der Waals surface area contributed by atoms with Crippen molar-refractivity contribution in [2.24, 2.45) is 0 Å². The van der Waals surface area contributed by atoms with Gasteiger partial charge >= 0.3 is 0 Å². The topological polar surface area (TPSA) is 61.9 Å². The van der Waals surface area contributed by atoms with Crippen molar-refractivity contribution in [3.8, 4) is 5.75 Å². The first-order valence-corrected chi connectivity index (χ1v) is 11.6. The first kappa shape index (κ1) is 22.3. The van der Waals surface area contributed by atoms with Crippen molar-refractivity contribution in [1.29, 1.82) is 0 Å². The zero-order chi connectivity index (χ0) is 22.5. The average Bonchev–Trinajstić information content (AvgIpc) is 3.35. The molecule has 32 heavy (non-hydrogen) atoms. The molecule has 8 heteroatoms. The third-order valence-electron chi connectivity index (χ3n) is 5.48. The van der Waals surface area contributed by atoms with Crippen LogP contribution in [-0.4, -0.2) is 54.9 Å². The Kier molecular flexibility index (Phi) is 7.09. The van der Waals surface area contributed by atoms with Crippen LogP contribution >= 0.6 is 22.9 Å². The fourth-order valence-electron chi connectivity index (χ4n) is 3.86. The van der Waals surface area contributed by atoms with Gasteiger partial charge in [-0.3, -0.25) is 14.5 Å². The van der Waals surface area contributed by atoms with E-state index >= 15 is 0 Å². The normalized spacial score (nSPS) is 15.2. The van der Waals surface area contributed by atoms with Gasteiger partial charge in [-0.2, -0.15) is 0 Å². The van der Waals surface area contributed by atoms with Gasteiger partial charge < -0.3 is 15.0 Å². The Bertz CT molecular complexity index is 1070. The summed E-state index contributed by atoms with van der Waals surface area (Å²) in [7, 11) is 1.55. The number of ether oxygens (including phenoxy) is 1. The number of methoxy groups -OCH3 is 1. The molecule has 1 N–H and O–H groups in total. The molecule has 6 nitrogen and oxygen atoms in total. The summed E-state index contributed by atoms with van der Waals surface area (Å²) in [6.45, 7) is 2.35. The maximum absolute atomic E-state index is 13.4. The van der Waals surface area contributed by atoms with Gasteiger partial charge in [-0.1, -0.05) is 48.0 Å². The summed E-state index contributed by atoms with van der Waals surface area (Å²) in [4.78, 5) is 30.8. The van der Waals surface area contributed by atoms with Gasteiger partial charge in [0, 0.05) is 31.9 Å². The van der Waals surface area contributed by atoms with E-state index in [4.69, 9.17) is 16.3 Å². The zero-order valence-corrected chi connectivity index (χ0v) is 19.2. The van der Waals surface area contributed by atoms with E-state index in [2.05, 4.69) is 10.2 Å². The molecule has 0 aliphatic carbocycles. The number of rotatable bonds is 6. The molecular formula is C24H24ClN3O3S. The number of nitrogens with zero attached hydrogens (tertiary/aromatic N) is 2. The number of halogens is 1. The molecule has 0 radical (unpaired) electrons. The third-order valence-corrected chi connectivity index (χ3v) is 6.63. The lowest BCUT2D eigenvalue weighted by Gasteiger charge is -2.38. The molecule has 1 fully saturated rings. The Morgan fingerprint density at radius 3 is 2.41 bits per heavy atom. The number of hydrogen-bond acceptors (Lipinski definition) is 5. The number of carbonyl (C=O) groups excluding carboxylic acids is 2. The quantitative estimate of drug-likeness (QED) is 0.575. The van der Waals surface area contributed by atoms with Gasteiger partial charge in [0.25, 0.3) is 5.91 Å². The van der Waals surface area contributed by atoms with Crippen LogP contribution < -0.4 is 10.1 Å². The van der Waals surface area contributed by atoms with E-state index in [1.807, 2.05) is 52.7 Å². The van der Waals surface area contributed by atoms with Crippen LogP contribution in [0.15, 0.2) is 66.0 Å². The second-order valence-electron chi connectivity index (χ2n) is 7.46. The lowest BCUT2D eigenvalue weighted by atomic mass is 10.0. The summed E-state index contributed by atoms with van der Waals surface area (Å²) in [6.07, 6.45) is 0. The molecule has 0 bridgehead atoms. The molecule has 3 aromatic rings. The van der Waals surface area contributed by atoms with Gasteiger partial charge in [0.15, 0.2) is 0 Å². The Morgan fingerprint density at radius 1 is 1.03 bits per heavy atom. The smallest absolute Gasteiger partial charge is 0.264 e. The maximum Gasteiger partial charge on any atom is 0.264 e. The molecule has 0 saturated carbocycles. The highest BCUT2D eigenvalue weighted by atomic mass is 35.5. The van der Waals surface area contributed by atoms with Crippen LogP contribution in [0.1, 0.15) is 21.3 Å². The highest BCUT2D eigenvalue weighted by molar-refractivity contribution is 7.12. The van der Waals surface area contributed by atoms with Gasteiger partial charge in [0.1, 0.15) is 11.8 Å². The van der Waals surface area contributed by atoms with Crippen LogP contribution in [0, 0.1) is 0 Å². The number of hydrogen-bond donors (Lipinski definition) is 1. The highest BCUT2D eigenvalue weighted by Crippen LogP contribution is 2.29. The molecule has 166 valence electrons. The molecule has 1 atom stereocenters. The summed E-state index contributed by atoms with van der Waals surface area (Å²) in [5.41, 5.74) is 1.51. The van der Waals surface area contributed by atoms with Crippen LogP contribution in [0.4, 0.5) is 5.69 Å². The Hall–Kier alpha value is -2.87. The maximum atomic E-state index is 13.4. The molecule has 0 spiro atoms. The lowest BCUT2D eigenvalue weighted by molar-refractivity contribution is -0.122. The highest BCUT2D eigenvalue weighted by Gasteiger charge is 2.32. The van der Waals surface area contributed by atoms with Gasteiger partial charge in [0.05, 0.1) is 17.0 Å². The Labute approximate surface area is 196 Å². The molecule has 2 aromatic carbocycles. The molecule has 1 aliphatic rings. The van der Waals surface area contributed by atoms with Crippen molar-refractivity contribution < 1.29 is 14.3 Å². The molecule has 4 rings (SSSR count). The molecular weight excluding hydrogens is 446 g/mol. The van der Waals surface area contributed by atoms with Crippen molar-refractivity contribution in [2.75, 3.05) is 38.6 Å². The van der Waals surface area contributed by atoms with E-state index in [9.17, 15) is 9.59 Å². The standard InChI is InChI=1S/C24H24ClN3O3S/c1-31-20-10-9-18(16-19(20)25)26-23(29)22(17-6-3-2-4-7-17)27-11-13-28(14-12-27)24(30)21-8-5-15-32-21/h2-10,15-16,22H,11-14H2,1H3,(H,26,29)/t22-/m0/s1. The summed E-state index contributed by atoms with van der Waals surface area (Å²) in [6, 6.07) is 18.1. The molecule has 1 saturated heterocycles. The van der Waals surface area contributed by atoms with Crippen molar-refractivity contribution >= 4 is 40.4 Å². The molecule has 2 heterocycles. The van der Waals surface area contributed by atoms with Crippen LogP contribution in [0.2, 0.25) is 5.02 Å². The van der Waals surface area contributed by atoms with Crippen molar-refractivity contribution in [3.63, 3.8) is 0 Å². The second kappa shape index (κ2) is 10.2. The number of anilines is 1. The Balaban J connectivity index is 1.50. The minimum Gasteiger partial charge on any atom is -0.495 e. The van der Waals surface area contributed by atoms with Crippen molar-refractivity contribution in [1.82, 2.24) is 9.80 Å². The number of nitrogens with one attached hydrogen (secondary N) is 1. The molecule has 2 amide bonds. The van der Waals surface area contributed by atoms with E-state index in [-0.39, 0.29) is 11.8 Å². The van der Waals surface area contributed by atoms with Gasteiger partial charge in [-0.05, 0) is 35.2 Å². The van der Waals surface area contributed by atoms with E-state index in [0.29, 0.717) is 42.6 Å². The molecule has 0 unspecified atom stereocenters. The average molecular weight is 470 g/mol. The van der Waals surface area contributed by atoms with E-state index < -0.39 is 6.04 Å². The van der Waals surface area contributed by atoms with Crippen LogP contribution in [0.25, 0.3) is 0 Å². The van der Waals surface area contributed by atoms with Gasteiger partial charge in [0.2, 0.25) is 5.91 Å².